The fourth-order valence-electron chi connectivity index (χ4n) is 2.33. The molecule has 1 saturated heterocycles. The minimum Gasteiger partial charge on any atom is -0.478 e. The third kappa shape index (κ3) is 2.64. The fraction of sp³-hybridized carbons (Fsp3) is 0.500. The molecule has 0 saturated carbocycles. The molecule has 1 aliphatic rings. The van der Waals surface area contributed by atoms with Crippen LogP contribution in [0.1, 0.15) is 29.3 Å². The molecule has 1 aromatic carbocycles. The summed E-state index contributed by atoms with van der Waals surface area (Å²) in [6.07, 6.45) is 1.28. The molecule has 1 aliphatic heterocycles. The first-order valence-electron chi connectivity index (χ1n) is 6.32. The fourth-order valence-corrected chi connectivity index (χ4v) is 2.33. The van der Waals surface area contributed by atoms with Gasteiger partial charge in [-0.15, -0.1) is 0 Å². The van der Waals surface area contributed by atoms with Gasteiger partial charge in [0.2, 0.25) is 0 Å². The number of hydrogen-bond donors (Lipinski definition) is 1. The van der Waals surface area contributed by atoms with Crippen LogP contribution in [0.15, 0.2) is 18.2 Å². The third-order valence-electron chi connectivity index (χ3n) is 3.38. The van der Waals surface area contributed by atoms with Crippen molar-refractivity contribution in [2.24, 2.45) is 0 Å². The average Bonchev–Trinajstić information content (AvgIpc) is 2.38. The van der Waals surface area contributed by atoms with E-state index in [1.807, 2.05) is 13.0 Å². The van der Waals surface area contributed by atoms with E-state index in [4.69, 9.17) is 9.84 Å². The van der Waals surface area contributed by atoms with E-state index in [2.05, 4.69) is 11.8 Å². The second kappa shape index (κ2) is 5.40. The smallest absolute Gasteiger partial charge is 0.335 e. The predicted molar refractivity (Wildman–Crippen MR) is 70.4 cm³/mol. The molecule has 18 heavy (non-hydrogen) atoms. The number of aromatic carboxylic acids is 1. The van der Waals surface area contributed by atoms with Gasteiger partial charge in [0.1, 0.15) is 0 Å². The number of carboxylic acids is 1. The van der Waals surface area contributed by atoms with Crippen molar-refractivity contribution in [2.75, 3.05) is 24.6 Å². The van der Waals surface area contributed by atoms with Gasteiger partial charge in [0.25, 0.3) is 0 Å². The number of anilines is 1. The first-order valence-corrected chi connectivity index (χ1v) is 6.32. The summed E-state index contributed by atoms with van der Waals surface area (Å²) in [6.45, 7) is 6.55. The number of aryl methyl sites for hydroxylation is 1. The van der Waals surface area contributed by atoms with Gasteiger partial charge in [-0.2, -0.15) is 0 Å². The summed E-state index contributed by atoms with van der Waals surface area (Å²) in [5, 5.41) is 8.96. The molecule has 0 aromatic heterocycles. The molecule has 4 heteroatoms. The summed E-state index contributed by atoms with van der Waals surface area (Å²) in [5.74, 6) is -0.877. The number of hydrogen-bond acceptors (Lipinski definition) is 3. The van der Waals surface area contributed by atoms with Crippen molar-refractivity contribution in [3.63, 3.8) is 0 Å². The highest BCUT2D eigenvalue weighted by Gasteiger charge is 2.20. The number of ether oxygens (including phenoxy) is 1. The van der Waals surface area contributed by atoms with Crippen molar-refractivity contribution in [3.05, 3.63) is 29.3 Å². The normalized spacial score (nSPS) is 19.9. The van der Waals surface area contributed by atoms with Crippen LogP contribution in [-0.4, -0.2) is 36.9 Å². The van der Waals surface area contributed by atoms with Gasteiger partial charge in [-0.25, -0.2) is 4.79 Å². The van der Waals surface area contributed by atoms with Crippen molar-refractivity contribution < 1.29 is 14.6 Å². The SMILES string of the molecule is CCC1CN(c2ccc(C(=O)O)cc2C)CCO1. The van der Waals surface area contributed by atoms with Gasteiger partial charge in [0, 0.05) is 18.8 Å². The third-order valence-corrected chi connectivity index (χ3v) is 3.38. The van der Waals surface area contributed by atoms with Gasteiger partial charge in [-0.3, -0.25) is 0 Å². The summed E-state index contributed by atoms with van der Waals surface area (Å²) in [7, 11) is 0. The molecule has 0 radical (unpaired) electrons. The Kier molecular flexibility index (Phi) is 3.87. The predicted octanol–water partition coefficient (Wildman–Crippen LogP) is 2.31. The van der Waals surface area contributed by atoms with Crippen LogP contribution in [0, 0.1) is 6.92 Å². The molecular formula is C14H19NO3. The Hall–Kier alpha value is -1.55. The van der Waals surface area contributed by atoms with Crippen molar-refractivity contribution in [3.8, 4) is 0 Å². The zero-order chi connectivity index (χ0) is 13.1. The topological polar surface area (TPSA) is 49.8 Å². The number of morpholine rings is 1. The lowest BCUT2D eigenvalue weighted by molar-refractivity contribution is 0.0384. The van der Waals surface area contributed by atoms with Crippen LogP contribution >= 0.6 is 0 Å². The van der Waals surface area contributed by atoms with Crippen LogP contribution in [0.5, 0.6) is 0 Å². The molecule has 98 valence electrons. The molecule has 4 nitrogen and oxygen atoms in total. The molecule has 1 heterocycles. The zero-order valence-electron chi connectivity index (χ0n) is 10.8. The van der Waals surface area contributed by atoms with Gasteiger partial charge < -0.3 is 14.7 Å². The Morgan fingerprint density at radius 2 is 2.33 bits per heavy atom. The Bertz CT molecular complexity index is 445. The van der Waals surface area contributed by atoms with Gasteiger partial charge in [-0.1, -0.05) is 6.92 Å². The average molecular weight is 249 g/mol. The molecule has 1 atom stereocenters. The van der Waals surface area contributed by atoms with E-state index in [0.717, 1.165) is 37.4 Å². The summed E-state index contributed by atoms with van der Waals surface area (Å²) in [4.78, 5) is 13.2. The molecule has 1 aromatic rings. The first kappa shape index (κ1) is 12.9. The van der Waals surface area contributed by atoms with E-state index in [0.29, 0.717) is 5.56 Å². The quantitative estimate of drug-likeness (QED) is 0.893. The van der Waals surface area contributed by atoms with Gasteiger partial charge in [0.15, 0.2) is 0 Å². The van der Waals surface area contributed by atoms with Crippen LogP contribution in [0.2, 0.25) is 0 Å². The molecule has 1 N–H and O–H groups in total. The molecule has 1 fully saturated rings. The summed E-state index contributed by atoms with van der Waals surface area (Å²) < 4.78 is 5.64. The van der Waals surface area contributed by atoms with Crippen molar-refractivity contribution in [1.82, 2.24) is 0 Å². The second-order valence-electron chi connectivity index (χ2n) is 4.65. The molecule has 0 aliphatic carbocycles. The highest BCUT2D eigenvalue weighted by molar-refractivity contribution is 5.88. The van der Waals surface area contributed by atoms with Crippen molar-refractivity contribution >= 4 is 11.7 Å². The largest absolute Gasteiger partial charge is 0.478 e. The van der Waals surface area contributed by atoms with Gasteiger partial charge >= 0.3 is 5.97 Å². The number of carbonyl (C=O) groups is 1. The second-order valence-corrected chi connectivity index (χ2v) is 4.65. The number of nitrogens with zero attached hydrogens (tertiary/aromatic N) is 1. The minimum absolute atomic E-state index is 0.275. The van der Waals surface area contributed by atoms with Crippen molar-refractivity contribution in [1.29, 1.82) is 0 Å². The van der Waals surface area contributed by atoms with Crippen LogP contribution in [0.25, 0.3) is 0 Å². The standard InChI is InChI=1S/C14H19NO3/c1-3-12-9-15(6-7-18-12)13-5-4-11(14(16)17)8-10(13)2/h4-5,8,12H,3,6-7,9H2,1-2H3,(H,16,17). The van der Waals surface area contributed by atoms with Crippen LogP contribution in [0.4, 0.5) is 5.69 Å². The lowest BCUT2D eigenvalue weighted by atomic mass is 10.1. The van der Waals surface area contributed by atoms with Gasteiger partial charge in [0.05, 0.1) is 18.3 Å². The van der Waals surface area contributed by atoms with Crippen molar-refractivity contribution in [2.45, 2.75) is 26.4 Å². The van der Waals surface area contributed by atoms with Crippen LogP contribution in [-0.2, 0) is 4.74 Å². The Labute approximate surface area is 107 Å². The Morgan fingerprint density at radius 3 is 2.94 bits per heavy atom. The summed E-state index contributed by atoms with van der Waals surface area (Å²) in [5.41, 5.74) is 2.46. The highest BCUT2D eigenvalue weighted by atomic mass is 16.5. The number of benzene rings is 1. The maximum atomic E-state index is 10.9. The zero-order valence-corrected chi connectivity index (χ0v) is 10.8. The maximum absolute atomic E-state index is 10.9. The molecular weight excluding hydrogens is 230 g/mol. The van der Waals surface area contributed by atoms with Gasteiger partial charge in [-0.05, 0) is 37.1 Å². The maximum Gasteiger partial charge on any atom is 0.335 e. The lowest BCUT2D eigenvalue weighted by Crippen LogP contribution is -2.42. The molecule has 2 rings (SSSR count). The summed E-state index contributed by atoms with van der Waals surface area (Å²) >= 11 is 0. The van der Waals surface area contributed by atoms with Crippen LogP contribution in [0.3, 0.4) is 0 Å². The monoisotopic (exact) mass is 249 g/mol. The minimum atomic E-state index is -0.877. The van der Waals surface area contributed by atoms with E-state index in [-0.39, 0.29) is 6.10 Å². The van der Waals surface area contributed by atoms with E-state index < -0.39 is 5.97 Å². The van der Waals surface area contributed by atoms with E-state index in [1.54, 1.807) is 12.1 Å². The molecule has 0 amide bonds. The molecule has 1 unspecified atom stereocenters. The van der Waals surface area contributed by atoms with E-state index >= 15 is 0 Å². The summed E-state index contributed by atoms with van der Waals surface area (Å²) in [6, 6.07) is 5.30. The Morgan fingerprint density at radius 1 is 1.56 bits per heavy atom. The molecule has 0 bridgehead atoms. The number of rotatable bonds is 3. The highest BCUT2D eigenvalue weighted by Crippen LogP contribution is 2.24. The van der Waals surface area contributed by atoms with E-state index in [9.17, 15) is 4.79 Å². The van der Waals surface area contributed by atoms with Crippen LogP contribution < -0.4 is 4.90 Å². The lowest BCUT2D eigenvalue weighted by Gasteiger charge is -2.35. The first-order chi connectivity index (χ1) is 8.61. The molecule has 0 spiro atoms. The number of carboxylic acid groups (broad SMARTS) is 1. The van der Waals surface area contributed by atoms with E-state index in [1.165, 1.54) is 0 Å². The Balaban J connectivity index is 2.20.